The third-order valence-electron chi connectivity index (χ3n) is 6.65. The van der Waals surface area contributed by atoms with Crippen LogP contribution in [-0.2, 0) is 22.7 Å². The van der Waals surface area contributed by atoms with Crippen molar-refractivity contribution in [3.8, 4) is 5.75 Å². The van der Waals surface area contributed by atoms with Crippen molar-refractivity contribution in [3.05, 3.63) is 70.7 Å². The summed E-state index contributed by atoms with van der Waals surface area (Å²) in [5, 5.41) is 34.9. The van der Waals surface area contributed by atoms with Crippen LogP contribution in [0, 0.1) is 5.82 Å². The van der Waals surface area contributed by atoms with E-state index in [1.54, 1.807) is 6.07 Å². The Morgan fingerprint density at radius 3 is 2.59 bits per heavy atom. The van der Waals surface area contributed by atoms with Gasteiger partial charge in [0.1, 0.15) is 17.3 Å². The Kier molecular flexibility index (Phi) is 8.98. The van der Waals surface area contributed by atoms with Gasteiger partial charge >= 0.3 is 11.9 Å². The number of aromatic hydroxyl groups is 1. The number of benzene rings is 2. The van der Waals surface area contributed by atoms with Gasteiger partial charge in [-0.3, -0.25) is 4.90 Å². The van der Waals surface area contributed by atoms with Crippen molar-refractivity contribution >= 4 is 22.9 Å². The molecule has 5 rings (SSSR count). The second kappa shape index (κ2) is 12.0. The predicted molar refractivity (Wildman–Crippen MR) is 132 cm³/mol. The molecule has 10 nitrogen and oxygen atoms in total. The molecule has 0 bridgehead atoms. The molecule has 1 aromatic heterocycles. The summed E-state index contributed by atoms with van der Waals surface area (Å²) in [5.41, 5.74) is 4.83. The number of nitrogens with zero attached hydrogens (tertiary/aromatic N) is 2. The Balaban J connectivity index is 0.000000370. The van der Waals surface area contributed by atoms with Gasteiger partial charge in [-0.2, -0.15) is 0 Å². The molecule has 3 heterocycles. The third-order valence-corrected chi connectivity index (χ3v) is 6.65. The second-order valence-corrected chi connectivity index (χ2v) is 8.88. The molecular weight excluding hydrogens is 485 g/mol. The summed E-state index contributed by atoms with van der Waals surface area (Å²) in [7, 11) is 0. The number of rotatable bonds is 5. The van der Waals surface area contributed by atoms with Crippen LogP contribution in [0.15, 0.2) is 47.0 Å². The van der Waals surface area contributed by atoms with Gasteiger partial charge in [0.15, 0.2) is 5.58 Å². The van der Waals surface area contributed by atoms with E-state index in [1.807, 2.05) is 12.1 Å². The summed E-state index contributed by atoms with van der Waals surface area (Å²) in [6, 6.07) is 8.56. The molecular formula is C26H30FN3O7. The third kappa shape index (κ3) is 6.13. The molecule has 2 aliphatic heterocycles. The fourth-order valence-corrected chi connectivity index (χ4v) is 5.05. The van der Waals surface area contributed by atoms with E-state index >= 15 is 0 Å². The standard InChI is InChI=1S/C22H24FN3O2.C4H4O4.H2O/c1-13(21-17-12-24-11-14(17)5-8-19(21)27)26-9-3-2-4-18(26)22-16-7-6-15(23)10-20(16)28-25-22;5-3(6)1-2-4(7)8;/h5-8,10,13,18,24,27H,2-4,9,11-12H2,1H3;1-2H,(H,5,6)(H,7,8);1H2/b;2-1+;. The number of carboxylic acid groups (broad SMARTS) is 2. The molecule has 0 aliphatic carbocycles. The number of piperidine rings is 1. The molecule has 1 saturated heterocycles. The summed E-state index contributed by atoms with van der Waals surface area (Å²) >= 11 is 0. The van der Waals surface area contributed by atoms with Crippen molar-refractivity contribution in [3.63, 3.8) is 0 Å². The highest BCUT2D eigenvalue weighted by atomic mass is 19.1. The molecule has 11 heteroatoms. The topological polar surface area (TPSA) is 168 Å². The highest BCUT2D eigenvalue weighted by Crippen LogP contribution is 2.43. The first-order chi connectivity index (χ1) is 17.3. The zero-order valence-electron chi connectivity index (χ0n) is 20.3. The number of aliphatic carboxylic acids is 2. The Hall–Kier alpha value is -3.80. The van der Waals surface area contributed by atoms with Gasteiger partial charge in [-0.1, -0.05) is 17.6 Å². The van der Waals surface area contributed by atoms with E-state index in [0.29, 0.717) is 23.5 Å². The molecule has 2 atom stereocenters. The fourth-order valence-electron chi connectivity index (χ4n) is 5.05. The number of carboxylic acids is 2. The second-order valence-electron chi connectivity index (χ2n) is 8.88. The van der Waals surface area contributed by atoms with Crippen LogP contribution < -0.4 is 5.32 Å². The maximum absolute atomic E-state index is 13.6. The van der Waals surface area contributed by atoms with E-state index in [4.69, 9.17) is 14.7 Å². The Labute approximate surface area is 212 Å². The van der Waals surface area contributed by atoms with Gasteiger partial charge in [-0.15, -0.1) is 0 Å². The van der Waals surface area contributed by atoms with Crippen molar-refractivity contribution in [1.29, 1.82) is 0 Å². The molecule has 2 aliphatic rings. The van der Waals surface area contributed by atoms with E-state index in [1.165, 1.54) is 23.3 Å². The largest absolute Gasteiger partial charge is 0.508 e. The van der Waals surface area contributed by atoms with Gasteiger partial charge in [0.2, 0.25) is 0 Å². The van der Waals surface area contributed by atoms with Crippen LogP contribution in [0.3, 0.4) is 0 Å². The van der Waals surface area contributed by atoms with Crippen LogP contribution in [0.2, 0.25) is 0 Å². The normalized spacial score (nSPS) is 18.1. The number of likely N-dealkylation sites (tertiary alicyclic amines) is 1. The minimum atomic E-state index is -1.26. The van der Waals surface area contributed by atoms with Crippen molar-refractivity contribution in [2.75, 3.05) is 6.54 Å². The Morgan fingerprint density at radius 1 is 1.16 bits per heavy atom. The molecule has 37 heavy (non-hydrogen) atoms. The first kappa shape index (κ1) is 27.8. The molecule has 3 aromatic rings. The molecule has 0 radical (unpaired) electrons. The molecule has 1 fully saturated rings. The lowest BCUT2D eigenvalue weighted by molar-refractivity contribution is -0.134. The van der Waals surface area contributed by atoms with Crippen LogP contribution in [0.1, 0.15) is 60.7 Å². The first-order valence-electron chi connectivity index (χ1n) is 11.7. The van der Waals surface area contributed by atoms with Crippen molar-refractivity contribution in [2.24, 2.45) is 0 Å². The van der Waals surface area contributed by atoms with Gasteiger partial charge in [-0.25, -0.2) is 14.0 Å². The van der Waals surface area contributed by atoms with E-state index in [-0.39, 0.29) is 23.4 Å². The summed E-state index contributed by atoms with van der Waals surface area (Å²) in [6.45, 7) is 4.72. The minimum absolute atomic E-state index is 0. The lowest BCUT2D eigenvalue weighted by Gasteiger charge is -2.40. The number of halogens is 1. The van der Waals surface area contributed by atoms with Gasteiger partial charge in [0.05, 0.1) is 6.04 Å². The zero-order valence-corrected chi connectivity index (χ0v) is 20.3. The van der Waals surface area contributed by atoms with E-state index < -0.39 is 11.9 Å². The fraction of sp³-hybridized carbons (Fsp3) is 0.346. The van der Waals surface area contributed by atoms with Gasteiger partial charge in [0.25, 0.3) is 0 Å². The summed E-state index contributed by atoms with van der Waals surface area (Å²) < 4.78 is 19.0. The molecule has 0 saturated carbocycles. The van der Waals surface area contributed by atoms with Crippen molar-refractivity contribution in [2.45, 2.75) is 51.4 Å². The lowest BCUT2D eigenvalue weighted by Crippen LogP contribution is -2.36. The van der Waals surface area contributed by atoms with Crippen molar-refractivity contribution < 1.29 is 39.3 Å². The maximum Gasteiger partial charge on any atom is 0.328 e. The quantitative estimate of drug-likeness (QED) is 0.372. The molecule has 0 spiro atoms. The Morgan fingerprint density at radius 2 is 1.89 bits per heavy atom. The Bertz CT molecular complexity index is 1290. The number of carbonyl (C=O) groups is 2. The number of hydrogen-bond donors (Lipinski definition) is 4. The van der Waals surface area contributed by atoms with Crippen LogP contribution in [-0.4, -0.2) is 49.3 Å². The maximum atomic E-state index is 13.6. The molecule has 0 amide bonds. The number of phenolic OH excluding ortho intramolecular Hbond substituents is 1. The van der Waals surface area contributed by atoms with Crippen LogP contribution in [0.4, 0.5) is 4.39 Å². The molecule has 2 aromatic carbocycles. The number of phenols is 1. The van der Waals surface area contributed by atoms with Gasteiger partial charge < -0.3 is 30.6 Å². The summed E-state index contributed by atoms with van der Waals surface area (Å²) in [6.07, 6.45) is 4.31. The monoisotopic (exact) mass is 515 g/mol. The number of fused-ring (bicyclic) bond motifs is 2. The SMILES string of the molecule is CC(c1c(O)ccc2c1CNC2)N1CCCCC1c1noc2cc(F)ccc12.O.O=C(O)/C=C/C(=O)O. The van der Waals surface area contributed by atoms with E-state index in [0.717, 1.165) is 55.5 Å². The molecule has 198 valence electrons. The van der Waals surface area contributed by atoms with Crippen LogP contribution in [0.5, 0.6) is 5.75 Å². The minimum Gasteiger partial charge on any atom is -0.508 e. The number of aromatic nitrogens is 1. The summed E-state index contributed by atoms with van der Waals surface area (Å²) in [5.74, 6) is -2.48. The van der Waals surface area contributed by atoms with Crippen molar-refractivity contribution in [1.82, 2.24) is 15.4 Å². The number of hydrogen-bond acceptors (Lipinski definition) is 7. The lowest BCUT2D eigenvalue weighted by atomic mass is 9.91. The van der Waals surface area contributed by atoms with Gasteiger partial charge in [0, 0.05) is 48.3 Å². The predicted octanol–water partition coefficient (Wildman–Crippen LogP) is 3.45. The summed E-state index contributed by atoms with van der Waals surface area (Å²) in [4.78, 5) is 21.5. The highest BCUT2D eigenvalue weighted by molar-refractivity contribution is 5.89. The first-order valence-corrected chi connectivity index (χ1v) is 11.7. The number of nitrogens with one attached hydrogen (secondary N) is 1. The van der Waals surface area contributed by atoms with E-state index in [9.17, 15) is 19.1 Å². The van der Waals surface area contributed by atoms with E-state index in [2.05, 4.69) is 22.3 Å². The zero-order chi connectivity index (χ0) is 25.8. The molecule has 2 unspecified atom stereocenters. The molecule has 6 N–H and O–H groups in total. The van der Waals surface area contributed by atoms with Crippen LogP contribution >= 0.6 is 0 Å². The van der Waals surface area contributed by atoms with Crippen LogP contribution in [0.25, 0.3) is 11.0 Å². The average Bonchev–Trinajstić information content (AvgIpc) is 3.49. The smallest absolute Gasteiger partial charge is 0.328 e. The van der Waals surface area contributed by atoms with Gasteiger partial charge in [-0.05, 0) is 55.6 Å². The highest BCUT2D eigenvalue weighted by Gasteiger charge is 2.34. The average molecular weight is 516 g/mol.